The molecule has 0 saturated heterocycles. The molecule has 60 valence electrons. The van der Waals surface area contributed by atoms with Gasteiger partial charge in [-0.25, -0.2) is 0 Å². The van der Waals surface area contributed by atoms with E-state index in [9.17, 15) is 0 Å². The average Bonchev–Trinajstić information content (AvgIpc) is 2.37. The molecule has 0 aliphatic carbocycles. The maximum atomic E-state index is 8.49. The molecule has 0 bridgehead atoms. The summed E-state index contributed by atoms with van der Waals surface area (Å²) in [4.78, 5) is 1.21. The quantitative estimate of drug-likeness (QED) is 0.850. The summed E-state index contributed by atoms with van der Waals surface area (Å²) in [6.07, 6.45) is 4.72. The van der Waals surface area contributed by atoms with E-state index in [0.717, 1.165) is 10.2 Å². The van der Waals surface area contributed by atoms with Gasteiger partial charge in [0, 0.05) is 11.5 Å². The highest BCUT2D eigenvalue weighted by molar-refractivity contribution is 9.11. The number of hydrogen-bond acceptors (Lipinski definition) is 2. The van der Waals surface area contributed by atoms with Crippen LogP contribution < -0.4 is 0 Å². The molecule has 1 heterocycles. The SMILES string of the molecule is OCC/C=C\c1ccc(Br)s1. The van der Waals surface area contributed by atoms with Gasteiger partial charge in [0.05, 0.1) is 3.79 Å². The van der Waals surface area contributed by atoms with Gasteiger partial charge in [-0.15, -0.1) is 11.3 Å². The van der Waals surface area contributed by atoms with E-state index < -0.39 is 0 Å². The normalized spacial score (nSPS) is 11.1. The second-order valence-corrected chi connectivity index (χ2v) is 4.55. The topological polar surface area (TPSA) is 20.2 Å². The summed E-state index contributed by atoms with van der Waals surface area (Å²) in [5.74, 6) is 0. The van der Waals surface area contributed by atoms with Crippen molar-refractivity contribution in [1.29, 1.82) is 0 Å². The van der Waals surface area contributed by atoms with Crippen molar-refractivity contribution in [1.82, 2.24) is 0 Å². The van der Waals surface area contributed by atoms with Crippen LogP contribution in [0.2, 0.25) is 0 Å². The van der Waals surface area contributed by atoms with E-state index in [1.54, 1.807) is 11.3 Å². The first-order valence-corrected chi connectivity index (χ1v) is 4.96. The van der Waals surface area contributed by atoms with Crippen LogP contribution in [0.3, 0.4) is 0 Å². The third kappa shape index (κ3) is 3.18. The largest absolute Gasteiger partial charge is 0.396 e. The van der Waals surface area contributed by atoms with Gasteiger partial charge in [0.2, 0.25) is 0 Å². The standard InChI is InChI=1S/C8H9BrOS/c9-8-5-4-7(11-8)3-1-2-6-10/h1,3-5,10H,2,6H2/b3-1-. The molecule has 0 spiro atoms. The van der Waals surface area contributed by atoms with E-state index in [0.29, 0.717) is 0 Å². The molecule has 3 heteroatoms. The summed E-state index contributed by atoms with van der Waals surface area (Å²) in [5, 5.41) is 8.49. The van der Waals surface area contributed by atoms with Crippen LogP contribution in [0.5, 0.6) is 0 Å². The summed E-state index contributed by atoms with van der Waals surface area (Å²) in [6, 6.07) is 4.06. The molecular weight excluding hydrogens is 224 g/mol. The van der Waals surface area contributed by atoms with Gasteiger partial charge in [0.1, 0.15) is 0 Å². The number of rotatable bonds is 3. The first kappa shape index (κ1) is 8.97. The molecule has 0 unspecified atom stereocenters. The lowest BCUT2D eigenvalue weighted by atomic mass is 10.3. The number of hydrogen-bond donors (Lipinski definition) is 1. The van der Waals surface area contributed by atoms with Gasteiger partial charge in [-0.05, 0) is 40.6 Å². The maximum Gasteiger partial charge on any atom is 0.0704 e. The molecule has 1 nitrogen and oxygen atoms in total. The van der Waals surface area contributed by atoms with Crippen molar-refractivity contribution in [3.8, 4) is 0 Å². The Kier molecular flexibility index (Phi) is 3.83. The molecule has 0 amide bonds. The van der Waals surface area contributed by atoms with Crippen molar-refractivity contribution in [2.75, 3.05) is 6.61 Å². The number of aliphatic hydroxyl groups excluding tert-OH is 1. The molecule has 0 aliphatic rings. The number of halogens is 1. The van der Waals surface area contributed by atoms with E-state index >= 15 is 0 Å². The van der Waals surface area contributed by atoms with Gasteiger partial charge >= 0.3 is 0 Å². The lowest BCUT2D eigenvalue weighted by Gasteiger charge is -1.83. The highest BCUT2D eigenvalue weighted by atomic mass is 79.9. The van der Waals surface area contributed by atoms with E-state index in [1.165, 1.54) is 4.88 Å². The maximum absolute atomic E-state index is 8.49. The minimum absolute atomic E-state index is 0.225. The molecule has 1 aromatic rings. The highest BCUT2D eigenvalue weighted by Crippen LogP contribution is 2.22. The van der Waals surface area contributed by atoms with Crippen LogP contribution in [0.1, 0.15) is 11.3 Å². The fourth-order valence-electron chi connectivity index (χ4n) is 0.692. The third-order valence-corrected chi connectivity index (χ3v) is 2.76. The van der Waals surface area contributed by atoms with Crippen LogP contribution in [0.15, 0.2) is 22.0 Å². The molecule has 0 radical (unpaired) electrons. The predicted octanol–water partition coefficient (Wildman–Crippen LogP) is 2.91. The van der Waals surface area contributed by atoms with Crippen LogP contribution in [-0.4, -0.2) is 11.7 Å². The summed E-state index contributed by atoms with van der Waals surface area (Å²) < 4.78 is 1.14. The Labute approximate surface area is 78.5 Å². The number of thiophene rings is 1. The van der Waals surface area contributed by atoms with E-state index in [1.807, 2.05) is 24.3 Å². The molecule has 1 N–H and O–H groups in total. The second-order valence-electron chi connectivity index (χ2n) is 2.06. The number of aliphatic hydroxyl groups is 1. The average molecular weight is 233 g/mol. The van der Waals surface area contributed by atoms with Gasteiger partial charge in [0.25, 0.3) is 0 Å². The van der Waals surface area contributed by atoms with Crippen molar-refractivity contribution in [2.24, 2.45) is 0 Å². The third-order valence-electron chi connectivity index (χ3n) is 1.17. The van der Waals surface area contributed by atoms with Crippen molar-refractivity contribution in [3.05, 3.63) is 26.9 Å². The fraction of sp³-hybridized carbons (Fsp3) is 0.250. The molecule has 0 fully saturated rings. The summed E-state index contributed by atoms with van der Waals surface area (Å²) in [6.45, 7) is 0.225. The minimum atomic E-state index is 0.225. The van der Waals surface area contributed by atoms with Gasteiger partial charge < -0.3 is 5.11 Å². The van der Waals surface area contributed by atoms with Crippen LogP contribution in [0.4, 0.5) is 0 Å². The summed E-state index contributed by atoms with van der Waals surface area (Å²) in [5.41, 5.74) is 0. The molecule has 1 aromatic heterocycles. The van der Waals surface area contributed by atoms with Gasteiger partial charge in [-0.1, -0.05) is 6.08 Å². The van der Waals surface area contributed by atoms with Crippen molar-refractivity contribution < 1.29 is 5.11 Å². The Balaban J connectivity index is 2.50. The monoisotopic (exact) mass is 232 g/mol. The lowest BCUT2D eigenvalue weighted by molar-refractivity contribution is 0.303. The molecule has 0 aliphatic heterocycles. The molecule has 0 saturated carbocycles. The zero-order chi connectivity index (χ0) is 8.10. The highest BCUT2D eigenvalue weighted by Gasteiger charge is 1.90. The first-order valence-electron chi connectivity index (χ1n) is 3.35. The van der Waals surface area contributed by atoms with Gasteiger partial charge in [-0.3, -0.25) is 0 Å². The lowest BCUT2D eigenvalue weighted by Crippen LogP contribution is -1.74. The molecule has 0 aromatic carbocycles. The Morgan fingerprint density at radius 3 is 2.91 bits per heavy atom. The molecule has 1 rings (SSSR count). The van der Waals surface area contributed by atoms with Gasteiger partial charge in [0.15, 0.2) is 0 Å². The van der Waals surface area contributed by atoms with Crippen LogP contribution in [0, 0.1) is 0 Å². The predicted molar refractivity (Wildman–Crippen MR) is 52.8 cm³/mol. The Hall–Kier alpha value is -0.120. The smallest absolute Gasteiger partial charge is 0.0704 e. The molecule has 0 atom stereocenters. The molecular formula is C8H9BrOS. The van der Waals surface area contributed by atoms with Crippen LogP contribution in [0.25, 0.3) is 6.08 Å². The van der Waals surface area contributed by atoms with E-state index in [2.05, 4.69) is 15.9 Å². The first-order chi connectivity index (χ1) is 5.33. The van der Waals surface area contributed by atoms with Crippen molar-refractivity contribution >= 4 is 33.3 Å². The van der Waals surface area contributed by atoms with E-state index in [4.69, 9.17) is 5.11 Å². The summed E-state index contributed by atoms with van der Waals surface area (Å²) >= 11 is 5.06. The summed E-state index contributed by atoms with van der Waals surface area (Å²) in [7, 11) is 0. The second kappa shape index (κ2) is 4.70. The zero-order valence-corrected chi connectivity index (χ0v) is 8.36. The Bertz CT molecular complexity index is 242. The van der Waals surface area contributed by atoms with E-state index in [-0.39, 0.29) is 6.61 Å². The van der Waals surface area contributed by atoms with Crippen LogP contribution in [-0.2, 0) is 0 Å². The van der Waals surface area contributed by atoms with Crippen molar-refractivity contribution in [2.45, 2.75) is 6.42 Å². The minimum Gasteiger partial charge on any atom is -0.396 e. The molecule has 11 heavy (non-hydrogen) atoms. The van der Waals surface area contributed by atoms with Gasteiger partial charge in [-0.2, -0.15) is 0 Å². The Morgan fingerprint density at radius 1 is 1.55 bits per heavy atom. The van der Waals surface area contributed by atoms with Crippen molar-refractivity contribution in [3.63, 3.8) is 0 Å². The fourth-order valence-corrected chi connectivity index (χ4v) is 2.05. The Morgan fingerprint density at radius 2 is 2.36 bits per heavy atom. The van der Waals surface area contributed by atoms with Crippen LogP contribution >= 0.6 is 27.3 Å². The zero-order valence-electron chi connectivity index (χ0n) is 5.96.